The summed E-state index contributed by atoms with van der Waals surface area (Å²) >= 11 is 0. The largest absolute Gasteiger partial charge is 0.354 e. The number of aromatic nitrogens is 1. The molecule has 0 fully saturated rings. The number of hydrogen-bond donors (Lipinski definition) is 2. The lowest BCUT2D eigenvalue weighted by molar-refractivity contribution is 0.0943. The summed E-state index contributed by atoms with van der Waals surface area (Å²) in [5, 5.41) is 6.25. The van der Waals surface area contributed by atoms with Gasteiger partial charge in [-0.1, -0.05) is 17.7 Å². The van der Waals surface area contributed by atoms with Crippen LogP contribution in [0.15, 0.2) is 30.6 Å². The quantitative estimate of drug-likeness (QED) is 0.900. The fourth-order valence-electron chi connectivity index (χ4n) is 2.50. The lowest BCUT2D eigenvalue weighted by atomic mass is 10.0. The molecule has 0 unspecified atom stereocenters. The standard InChI is InChI=1S/C18H23N3O/c1-11(2)20-18(22)15-8-16(10-19-9-15)21-17-13(4)6-12(3)7-14(17)5/h6-11,21H,1-5H3,(H,20,22). The highest BCUT2D eigenvalue weighted by molar-refractivity contribution is 5.95. The first-order valence-corrected chi connectivity index (χ1v) is 7.47. The van der Waals surface area contributed by atoms with Crippen molar-refractivity contribution in [3.63, 3.8) is 0 Å². The van der Waals surface area contributed by atoms with Crippen LogP contribution in [0, 0.1) is 20.8 Å². The molecular weight excluding hydrogens is 274 g/mol. The molecule has 2 rings (SSSR count). The van der Waals surface area contributed by atoms with Gasteiger partial charge in [-0.3, -0.25) is 9.78 Å². The van der Waals surface area contributed by atoms with E-state index in [4.69, 9.17) is 0 Å². The van der Waals surface area contributed by atoms with Crippen LogP contribution in [0.2, 0.25) is 0 Å². The first kappa shape index (κ1) is 16.0. The third-order valence-electron chi connectivity index (χ3n) is 3.37. The molecule has 2 aromatic rings. The maximum atomic E-state index is 12.1. The van der Waals surface area contributed by atoms with Crippen molar-refractivity contribution in [3.05, 3.63) is 52.8 Å². The highest BCUT2D eigenvalue weighted by Crippen LogP contribution is 2.25. The number of benzene rings is 1. The zero-order valence-corrected chi connectivity index (χ0v) is 13.8. The van der Waals surface area contributed by atoms with E-state index in [0.717, 1.165) is 11.4 Å². The Balaban J connectivity index is 2.26. The van der Waals surface area contributed by atoms with Crippen LogP contribution < -0.4 is 10.6 Å². The van der Waals surface area contributed by atoms with E-state index in [9.17, 15) is 4.79 Å². The molecule has 0 saturated carbocycles. The number of nitrogens with zero attached hydrogens (tertiary/aromatic N) is 1. The van der Waals surface area contributed by atoms with Gasteiger partial charge >= 0.3 is 0 Å². The lowest BCUT2D eigenvalue weighted by Gasteiger charge is -2.14. The second-order valence-corrected chi connectivity index (χ2v) is 5.99. The SMILES string of the molecule is Cc1cc(C)c(Nc2cncc(C(=O)NC(C)C)c2)c(C)c1. The van der Waals surface area contributed by atoms with Crippen LogP contribution in [-0.2, 0) is 0 Å². The Labute approximate surface area is 132 Å². The molecule has 116 valence electrons. The first-order valence-electron chi connectivity index (χ1n) is 7.47. The van der Waals surface area contributed by atoms with E-state index in [1.165, 1.54) is 16.7 Å². The number of anilines is 2. The second-order valence-electron chi connectivity index (χ2n) is 5.99. The summed E-state index contributed by atoms with van der Waals surface area (Å²) in [5.41, 5.74) is 6.02. The molecule has 0 aliphatic heterocycles. The van der Waals surface area contributed by atoms with Gasteiger partial charge in [0.1, 0.15) is 0 Å². The van der Waals surface area contributed by atoms with Crippen LogP contribution in [0.25, 0.3) is 0 Å². The summed E-state index contributed by atoms with van der Waals surface area (Å²) in [5.74, 6) is -0.108. The summed E-state index contributed by atoms with van der Waals surface area (Å²) in [4.78, 5) is 16.2. The third kappa shape index (κ3) is 3.85. The fourth-order valence-corrected chi connectivity index (χ4v) is 2.50. The molecule has 0 aliphatic carbocycles. The van der Waals surface area contributed by atoms with Crippen LogP contribution in [0.5, 0.6) is 0 Å². The average molecular weight is 297 g/mol. The zero-order valence-electron chi connectivity index (χ0n) is 13.8. The van der Waals surface area contributed by atoms with Gasteiger partial charge in [0, 0.05) is 17.9 Å². The smallest absolute Gasteiger partial charge is 0.253 e. The van der Waals surface area contributed by atoms with Gasteiger partial charge in [-0.15, -0.1) is 0 Å². The molecule has 0 saturated heterocycles. The van der Waals surface area contributed by atoms with E-state index in [-0.39, 0.29) is 11.9 Å². The van der Waals surface area contributed by atoms with E-state index in [2.05, 4.69) is 48.5 Å². The number of nitrogens with one attached hydrogen (secondary N) is 2. The highest BCUT2D eigenvalue weighted by atomic mass is 16.1. The number of pyridine rings is 1. The number of amides is 1. The van der Waals surface area contributed by atoms with E-state index < -0.39 is 0 Å². The van der Waals surface area contributed by atoms with E-state index in [1.807, 2.05) is 19.9 Å². The Bertz CT molecular complexity index is 669. The molecule has 1 aromatic heterocycles. The third-order valence-corrected chi connectivity index (χ3v) is 3.37. The maximum absolute atomic E-state index is 12.1. The van der Waals surface area contributed by atoms with Gasteiger partial charge in [0.25, 0.3) is 5.91 Å². The summed E-state index contributed by atoms with van der Waals surface area (Å²) in [6.07, 6.45) is 3.31. The molecule has 1 amide bonds. The Morgan fingerprint density at radius 3 is 2.27 bits per heavy atom. The number of aryl methyl sites for hydroxylation is 3. The molecule has 0 aliphatic rings. The lowest BCUT2D eigenvalue weighted by Crippen LogP contribution is -2.30. The minimum Gasteiger partial charge on any atom is -0.354 e. The van der Waals surface area contributed by atoms with Crippen LogP contribution in [0.3, 0.4) is 0 Å². The van der Waals surface area contributed by atoms with E-state index in [0.29, 0.717) is 5.56 Å². The monoisotopic (exact) mass is 297 g/mol. The number of rotatable bonds is 4. The molecule has 1 heterocycles. The Morgan fingerprint density at radius 2 is 1.68 bits per heavy atom. The predicted octanol–water partition coefficient (Wildman–Crippen LogP) is 3.89. The Kier molecular flexibility index (Phi) is 4.81. The van der Waals surface area contributed by atoms with Crippen molar-refractivity contribution < 1.29 is 4.79 Å². The van der Waals surface area contributed by atoms with Gasteiger partial charge in [0.2, 0.25) is 0 Å². The van der Waals surface area contributed by atoms with Gasteiger partial charge < -0.3 is 10.6 Å². The molecular formula is C18H23N3O. The molecule has 22 heavy (non-hydrogen) atoms. The van der Waals surface area contributed by atoms with Crippen molar-refractivity contribution in [1.82, 2.24) is 10.3 Å². The molecule has 0 spiro atoms. The molecule has 0 radical (unpaired) electrons. The Morgan fingerprint density at radius 1 is 1.05 bits per heavy atom. The van der Waals surface area contributed by atoms with Crippen molar-refractivity contribution >= 4 is 17.3 Å². The summed E-state index contributed by atoms with van der Waals surface area (Å²) in [6, 6.07) is 6.20. The number of carbonyl (C=O) groups excluding carboxylic acids is 1. The molecule has 1 aromatic carbocycles. The topological polar surface area (TPSA) is 54.0 Å². The van der Waals surface area contributed by atoms with Crippen molar-refractivity contribution in [2.45, 2.75) is 40.7 Å². The van der Waals surface area contributed by atoms with E-state index >= 15 is 0 Å². The Hall–Kier alpha value is -2.36. The van der Waals surface area contributed by atoms with E-state index in [1.54, 1.807) is 12.4 Å². The predicted molar refractivity (Wildman–Crippen MR) is 90.8 cm³/mol. The number of hydrogen-bond acceptors (Lipinski definition) is 3. The average Bonchev–Trinajstić information content (AvgIpc) is 2.42. The molecule has 0 bridgehead atoms. The van der Waals surface area contributed by atoms with Crippen molar-refractivity contribution in [3.8, 4) is 0 Å². The fraction of sp³-hybridized carbons (Fsp3) is 0.333. The van der Waals surface area contributed by atoms with Gasteiger partial charge in [0.05, 0.1) is 17.4 Å². The van der Waals surface area contributed by atoms with Gasteiger partial charge in [0.15, 0.2) is 0 Å². The highest BCUT2D eigenvalue weighted by Gasteiger charge is 2.09. The van der Waals surface area contributed by atoms with Gasteiger partial charge in [-0.05, 0) is 51.8 Å². The van der Waals surface area contributed by atoms with Crippen LogP contribution in [0.1, 0.15) is 40.9 Å². The zero-order chi connectivity index (χ0) is 16.3. The first-order chi connectivity index (χ1) is 10.4. The van der Waals surface area contributed by atoms with Crippen LogP contribution in [-0.4, -0.2) is 16.9 Å². The van der Waals surface area contributed by atoms with Crippen molar-refractivity contribution in [2.75, 3.05) is 5.32 Å². The maximum Gasteiger partial charge on any atom is 0.253 e. The number of carbonyl (C=O) groups is 1. The molecule has 4 heteroatoms. The summed E-state index contributed by atoms with van der Waals surface area (Å²) in [6.45, 7) is 10.1. The molecule has 2 N–H and O–H groups in total. The minimum absolute atomic E-state index is 0.103. The second kappa shape index (κ2) is 6.60. The van der Waals surface area contributed by atoms with Crippen molar-refractivity contribution in [2.24, 2.45) is 0 Å². The molecule has 4 nitrogen and oxygen atoms in total. The molecule has 0 atom stereocenters. The summed E-state index contributed by atoms with van der Waals surface area (Å²) < 4.78 is 0. The van der Waals surface area contributed by atoms with Gasteiger partial charge in [-0.2, -0.15) is 0 Å². The summed E-state index contributed by atoms with van der Waals surface area (Å²) in [7, 11) is 0. The normalized spacial score (nSPS) is 10.6. The van der Waals surface area contributed by atoms with Crippen LogP contribution >= 0.6 is 0 Å². The van der Waals surface area contributed by atoms with Crippen molar-refractivity contribution in [1.29, 1.82) is 0 Å². The van der Waals surface area contributed by atoms with Crippen LogP contribution in [0.4, 0.5) is 11.4 Å². The van der Waals surface area contributed by atoms with Gasteiger partial charge in [-0.25, -0.2) is 0 Å². The minimum atomic E-state index is -0.108.